The molecule has 0 saturated heterocycles. The van der Waals surface area contributed by atoms with Gasteiger partial charge in [0.05, 0.1) is 0 Å². The highest BCUT2D eigenvalue weighted by atomic mass is 32.2. The molecule has 4 aromatic heterocycles. The second-order valence-corrected chi connectivity index (χ2v) is 10.1. The van der Waals surface area contributed by atoms with E-state index in [1.807, 2.05) is 0 Å². The Labute approximate surface area is 225 Å². The van der Waals surface area contributed by atoms with Crippen molar-refractivity contribution in [1.29, 1.82) is 0 Å². The number of nitrogens with zero attached hydrogens (tertiary/aromatic N) is 4. The highest BCUT2D eigenvalue weighted by Gasteiger charge is 2.36. The van der Waals surface area contributed by atoms with E-state index in [2.05, 4.69) is 150 Å². The fraction of sp³-hybridized carbons (Fsp3) is 0.179. The molecule has 0 saturated carbocycles. The van der Waals surface area contributed by atoms with Gasteiger partial charge in [0.25, 0.3) is 0 Å². The van der Waals surface area contributed by atoms with Gasteiger partial charge >= 0.3 is 5.51 Å². The minimum Gasteiger partial charge on any atom is -0.741 e. The maximum absolute atomic E-state index is 10.7. The topological polar surface area (TPSA) is 75.9 Å². The molecule has 206 valence electrons. The highest BCUT2D eigenvalue weighted by Crippen LogP contribution is 2.20. The maximum Gasteiger partial charge on any atom is 0.485 e. The van der Waals surface area contributed by atoms with Crippen molar-refractivity contribution in [2.75, 3.05) is 0 Å². The van der Waals surface area contributed by atoms with Gasteiger partial charge in [-0.3, -0.25) is 0 Å². The van der Waals surface area contributed by atoms with Crippen molar-refractivity contribution in [2.45, 2.75) is 5.51 Å². The number of aryl methyl sites for hydroxylation is 3. The van der Waals surface area contributed by atoms with Gasteiger partial charge in [-0.25, -0.2) is 8.42 Å². The summed E-state index contributed by atoms with van der Waals surface area (Å²) in [6.45, 7) is 0. The molecule has 4 rings (SSSR count). The summed E-state index contributed by atoms with van der Waals surface area (Å²) in [6.07, 6.45) is 19.2. The van der Waals surface area contributed by atoms with Crippen LogP contribution >= 0.6 is 0 Å². The van der Waals surface area contributed by atoms with Crippen LogP contribution in [0.25, 0.3) is 36.5 Å². The fourth-order valence-electron chi connectivity index (χ4n) is 3.61. The van der Waals surface area contributed by atoms with E-state index < -0.39 is 15.6 Å². The predicted octanol–water partition coefficient (Wildman–Crippen LogP) is 5.09. The van der Waals surface area contributed by atoms with E-state index in [9.17, 15) is 13.2 Å². The zero-order valence-electron chi connectivity index (χ0n) is 21.9. The second kappa shape index (κ2) is 12.2. The monoisotopic (exact) mass is 558 g/mol. The van der Waals surface area contributed by atoms with Crippen LogP contribution in [0, 0.1) is 0 Å². The van der Waals surface area contributed by atoms with E-state index in [0.29, 0.717) is 0 Å². The molecule has 0 spiro atoms. The van der Waals surface area contributed by atoms with Gasteiger partial charge < -0.3 is 18.3 Å². The molecular weight excluding hydrogens is 529 g/mol. The van der Waals surface area contributed by atoms with Crippen molar-refractivity contribution in [1.82, 2.24) is 13.7 Å². The molecule has 4 aromatic rings. The van der Waals surface area contributed by atoms with Crippen LogP contribution in [-0.2, 0) is 38.3 Å². The van der Waals surface area contributed by atoms with Gasteiger partial charge in [0.1, 0.15) is 7.05 Å². The van der Waals surface area contributed by atoms with Gasteiger partial charge in [0.2, 0.25) is 11.4 Å². The Morgan fingerprint density at radius 3 is 1.33 bits per heavy atom. The minimum absolute atomic E-state index is 1.14. The van der Waals surface area contributed by atoms with Crippen molar-refractivity contribution in [2.24, 2.45) is 28.2 Å². The van der Waals surface area contributed by atoms with Crippen LogP contribution in [0.5, 0.6) is 0 Å². The number of alkyl halides is 3. The first-order valence-corrected chi connectivity index (χ1v) is 13.1. The SMILES string of the molecule is Cn1cccc1/C=C/c1cc(/C=C/c2cccn2C)[n+](C)c(/C=C/c2cccn2C)c1.O=S(=O)([O-])C(F)(F)F. The van der Waals surface area contributed by atoms with E-state index in [1.54, 1.807) is 0 Å². The zero-order valence-corrected chi connectivity index (χ0v) is 22.7. The summed E-state index contributed by atoms with van der Waals surface area (Å²) >= 11 is 0. The molecule has 0 aliphatic heterocycles. The maximum atomic E-state index is 10.7. The van der Waals surface area contributed by atoms with Crippen LogP contribution in [-0.4, -0.2) is 32.2 Å². The normalized spacial score (nSPS) is 12.5. The van der Waals surface area contributed by atoms with Crippen molar-refractivity contribution in [3.63, 3.8) is 0 Å². The summed E-state index contributed by atoms with van der Waals surface area (Å²) in [7, 11) is 2.21. The molecule has 39 heavy (non-hydrogen) atoms. The number of hydrogen-bond acceptors (Lipinski definition) is 3. The molecule has 0 aromatic carbocycles. The molecule has 0 atom stereocenters. The molecule has 0 aliphatic rings. The van der Waals surface area contributed by atoms with E-state index in [4.69, 9.17) is 13.0 Å². The van der Waals surface area contributed by atoms with Gasteiger partial charge in [-0.15, -0.1) is 0 Å². The third kappa shape index (κ3) is 7.95. The Hall–Kier alpha value is -4.09. The summed E-state index contributed by atoms with van der Waals surface area (Å²) in [6, 6.07) is 17.0. The molecule has 4 heterocycles. The second-order valence-electron chi connectivity index (χ2n) is 8.73. The molecule has 11 heteroatoms. The third-order valence-electron chi connectivity index (χ3n) is 5.94. The fourth-order valence-corrected chi connectivity index (χ4v) is 3.61. The Kier molecular flexibility index (Phi) is 9.20. The van der Waals surface area contributed by atoms with Gasteiger partial charge in [0.15, 0.2) is 10.1 Å². The Morgan fingerprint density at radius 2 is 1.05 bits per heavy atom. The van der Waals surface area contributed by atoms with E-state index in [-0.39, 0.29) is 0 Å². The molecule has 0 radical (unpaired) electrons. The Morgan fingerprint density at radius 1 is 0.718 bits per heavy atom. The predicted molar refractivity (Wildman–Crippen MR) is 146 cm³/mol. The molecule has 0 bridgehead atoms. The molecule has 0 N–H and O–H groups in total. The standard InChI is InChI=1S/C27H29N4.CHF3O3S/c1-28-17-5-8-23(28)12-11-22-20-26(15-13-24-9-6-18-29(24)2)31(4)27(21-22)16-14-25-10-7-19-30(25)3;2-1(3,4)8(5,6)7/h5-21H,1-4H3;(H,5,6,7)/q+1;/p-1. The van der Waals surface area contributed by atoms with Crippen molar-refractivity contribution in [3.8, 4) is 0 Å². The number of rotatable bonds is 6. The Bertz CT molecular complexity index is 1550. The van der Waals surface area contributed by atoms with Gasteiger partial charge in [-0.2, -0.15) is 17.7 Å². The van der Waals surface area contributed by atoms with Crippen molar-refractivity contribution in [3.05, 3.63) is 101 Å². The summed E-state index contributed by atoms with van der Waals surface area (Å²) in [5.74, 6) is 0. The lowest BCUT2D eigenvalue weighted by Crippen LogP contribution is -2.35. The lowest BCUT2D eigenvalue weighted by atomic mass is 10.1. The van der Waals surface area contributed by atoms with E-state index in [0.717, 1.165) is 17.0 Å². The van der Waals surface area contributed by atoms with Crippen LogP contribution in [0.2, 0.25) is 0 Å². The minimum atomic E-state index is -6.09. The molecule has 0 amide bonds. The lowest BCUT2D eigenvalue weighted by Gasteiger charge is -2.08. The molecular formula is C28H29F3N4O3S. The van der Waals surface area contributed by atoms with Crippen LogP contribution in [0.4, 0.5) is 13.2 Å². The number of aromatic nitrogens is 4. The highest BCUT2D eigenvalue weighted by molar-refractivity contribution is 7.86. The Balaban J connectivity index is 0.000000459. The first-order valence-electron chi connectivity index (χ1n) is 11.7. The zero-order chi connectivity index (χ0) is 28.8. The van der Waals surface area contributed by atoms with E-state index >= 15 is 0 Å². The summed E-state index contributed by atoms with van der Waals surface area (Å²) in [5, 5.41) is 0. The first kappa shape index (κ1) is 29.5. The number of hydrogen-bond donors (Lipinski definition) is 0. The van der Waals surface area contributed by atoms with Crippen molar-refractivity contribution < 1.29 is 30.7 Å². The first-order chi connectivity index (χ1) is 18.3. The van der Waals surface area contributed by atoms with Crippen LogP contribution in [0.3, 0.4) is 0 Å². The van der Waals surface area contributed by atoms with E-state index in [1.165, 1.54) is 17.1 Å². The van der Waals surface area contributed by atoms with Crippen LogP contribution in [0.1, 0.15) is 34.0 Å². The number of pyridine rings is 1. The lowest BCUT2D eigenvalue weighted by molar-refractivity contribution is -0.675. The van der Waals surface area contributed by atoms with Crippen LogP contribution < -0.4 is 4.57 Å². The largest absolute Gasteiger partial charge is 0.741 e. The van der Waals surface area contributed by atoms with Crippen LogP contribution in [0.15, 0.2) is 67.1 Å². The average Bonchev–Trinajstić information content (AvgIpc) is 3.57. The van der Waals surface area contributed by atoms with Crippen molar-refractivity contribution >= 4 is 46.6 Å². The molecule has 0 unspecified atom stereocenters. The quantitative estimate of drug-likeness (QED) is 0.188. The van der Waals surface area contributed by atoms with Gasteiger partial charge in [-0.1, -0.05) is 6.08 Å². The molecule has 0 aliphatic carbocycles. The van der Waals surface area contributed by atoms with Gasteiger partial charge in [-0.05, 0) is 60.2 Å². The summed E-state index contributed by atoms with van der Waals surface area (Å²) in [5.41, 5.74) is 1.32. The summed E-state index contributed by atoms with van der Waals surface area (Å²) < 4.78 is 67.5. The summed E-state index contributed by atoms with van der Waals surface area (Å²) in [4.78, 5) is 0. The smallest absolute Gasteiger partial charge is 0.485 e. The average molecular weight is 559 g/mol. The number of halogens is 3. The molecule has 0 fully saturated rings. The molecule has 7 nitrogen and oxygen atoms in total. The van der Waals surface area contributed by atoms with Gasteiger partial charge in [0, 0.05) is 81.1 Å². The third-order valence-corrected chi connectivity index (χ3v) is 6.50.